The summed E-state index contributed by atoms with van der Waals surface area (Å²) in [5, 5.41) is 3.13. The van der Waals surface area contributed by atoms with Crippen LogP contribution in [-0.4, -0.2) is 55.7 Å². The molecule has 2 aliphatic heterocycles. The highest BCUT2D eigenvalue weighted by Crippen LogP contribution is 2.33. The minimum absolute atomic E-state index is 0.0227. The Hall–Kier alpha value is -1.75. The maximum atomic E-state index is 12.6. The highest BCUT2D eigenvalue weighted by molar-refractivity contribution is 5.75. The number of ether oxygens (including phenoxy) is 1. The minimum atomic E-state index is -0.0397. The lowest BCUT2D eigenvalue weighted by Crippen LogP contribution is -2.51. The van der Waals surface area contributed by atoms with Gasteiger partial charge in [0.25, 0.3) is 0 Å². The molecule has 3 rings (SSSR count). The van der Waals surface area contributed by atoms with Crippen LogP contribution in [0, 0.1) is 6.92 Å². The van der Waals surface area contributed by atoms with Crippen molar-refractivity contribution in [2.75, 3.05) is 33.8 Å². The molecule has 1 aromatic rings. The van der Waals surface area contributed by atoms with E-state index in [9.17, 15) is 4.79 Å². The van der Waals surface area contributed by atoms with Crippen molar-refractivity contribution < 1.29 is 9.53 Å². The predicted octanol–water partition coefficient (Wildman–Crippen LogP) is 2.16. The normalized spacial score (nSPS) is 24.1. The molecule has 1 fully saturated rings. The molecule has 0 saturated carbocycles. The van der Waals surface area contributed by atoms with Gasteiger partial charge in [-0.3, -0.25) is 0 Å². The number of amides is 2. The molecule has 5 heteroatoms. The summed E-state index contributed by atoms with van der Waals surface area (Å²) >= 11 is 0. The number of nitrogens with one attached hydrogen (secondary N) is 1. The van der Waals surface area contributed by atoms with Gasteiger partial charge in [0, 0.05) is 24.7 Å². The number of likely N-dealkylation sites (N-methyl/N-ethyl adjacent to an activating group) is 1. The maximum Gasteiger partial charge on any atom is 0.318 e. The zero-order chi connectivity index (χ0) is 15.7. The third-order valence-electron chi connectivity index (χ3n) is 4.66. The van der Waals surface area contributed by atoms with Crippen molar-refractivity contribution in [1.82, 2.24) is 15.1 Å². The first-order valence-electron chi connectivity index (χ1n) is 8.00. The number of carbonyl (C=O) groups is 1. The van der Waals surface area contributed by atoms with Gasteiger partial charge >= 0.3 is 6.03 Å². The van der Waals surface area contributed by atoms with Crippen molar-refractivity contribution in [3.63, 3.8) is 0 Å². The molecule has 0 spiro atoms. The minimum Gasteiger partial charge on any atom is -0.491 e. The quantitative estimate of drug-likeness (QED) is 0.910. The number of aryl methyl sites for hydroxylation is 1. The molecular weight excluding hydrogens is 278 g/mol. The zero-order valence-electron chi connectivity index (χ0n) is 13.6. The summed E-state index contributed by atoms with van der Waals surface area (Å²) in [6.45, 7) is 4.22. The van der Waals surface area contributed by atoms with Crippen molar-refractivity contribution in [2.24, 2.45) is 0 Å². The van der Waals surface area contributed by atoms with Gasteiger partial charge in [0.15, 0.2) is 0 Å². The van der Waals surface area contributed by atoms with E-state index in [4.69, 9.17) is 4.74 Å². The Kier molecular flexibility index (Phi) is 4.25. The van der Waals surface area contributed by atoms with Gasteiger partial charge in [0.1, 0.15) is 12.4 Å². The fourth-order valence-electron chi connectivity index (χ4n) is 3.25. The largest absolute Gasteiger partial charge is 0.491 e. The standard InChI is InChI=1S/C17H25N3O2/c1-12-6-7-16-14(9-12)15(11-22-16)18-17(21)20-8-4-5-13(10-20)19(2)3/h6-7,9,13,15H,4-5,8,10-11H2,1-3H3,(H,18,21). The predicted molar refractivity (Wildman–Crippen MR) is 86.2 cm³/mol. The van der Waals surface area contributed by atoms with Crippen LogP contribution in [-0.2, 0) is 0 Å². The van der Waals surface area contributed by atoms with Crippen LogP contribution in [0.4, 0.5) is 4.79 Å². The Morgan fingerprint density at radius 3 is 3.00 bits per heavy atom. The fourth-order valence-corrected chi connectivity index (χ4v) is 3.25. The lowest BCUT2D eigenvalue weighted by molar-refractivity contribution is 0.136. The average Bonchev–Trinajstić information content (AvgIpc) is 2.89. The summed E-state index contributed by atoms with van der Waals surface area (Å²) in [6.07, 6.45) is 2.22. The van der Waals surface area contributed by atoms with Crippen molar-refractivity contribution in [1.29, 1.82) is 0 Å². The van der Waals surface area contributed by atoms with Gasteiger partial charge in [-0.05, 0) is 39.9 Å². The number of piperidine rings is 1. The molecule has 1 aromatic carbocycles. The van der Waals surface area contributed by atoms with E-state index in [1.165, 1.54) is 5.56 Å². The molecule has 2 aliphatic rings. The van der Waals surface area contributed by atoms with Crippen LogP contribution >= 0.6 is 0 Å². The lowest BCUT2D eigenvalue weighted by Gasteiger charge is -2.36. The lowest BCUT2D eigenvalue weighted by atomic mass is 10.0. The summed E-state index contributed by atoms with van der Waals surface area (Å²) in [6, 6.07) is 6.56. The number of benzene rings is 1. The van der Waals surface area contributed by atoms with E-state index in [1.54, 1.807) is 0 Å². The van der Waals surface area contributed by atoms with E-state index in [2.05, 4.69) is 37.3 Å². The third kappa shape index (κ3) is 3.04. The number of carbonyl (C=O) groups excluding carboxylic acids is 1. The number of fused-ring (bicyclic) bond motifs is 1. The number of hydrogen-bond donors (Lipinski definition) is 1. The van der Waals surface area contributed by atoms with Crippen LogP contribution < -0.4 is 10.1 Å². The van der Waals surface area contributed by atoms with E-state index in [0.717, 1.165) is 37.2 Å². The summed E-state index contributed by atoms with van der Waals surface area (Å²) in [4.78, 5) is 16.7. The third-order valence-corrected chi connectivity index (χ3v) is 4.66. The first kappa shape index (κ1) is 15.2. The van der Waals surface area contributed by atoms with Gasteiger partial charge in [-0.15, -0.1) is 0 Å². The van der Waals surface area contributed by atoms with Gasteiger partial charge in [-0.25, -0.2) is 4.79 Å². The molecule has 2 unspecified atom stereocenters. The van der Waals surface area contributed by atoms with E-state index in [1.807, 2.05) is 17.0 Å². The second-order valence-electron chi connectivity index (χ2n) is 6.56. The molecule has 1 N–H and O–H groups in total. The zero-order valence-corrected chi connectivity index (χ0v) is 13.6. The van der Waals surface area contributed by atoms with Crippen LogP contribution in [0.3, 0.4) is 0 Å². The number of urea groups is 1. The second kappa shape index (κ2) is 6.16. The molecule has 1 saturated heterocycles. The molecule has 5 nitrogen and oxygen atoms in total. The van der Waals surface area contributed by atoms with Crippen LogP contribution in [0.5, 0.6) is 5.75 Å². The molecule has 2 heterocycles. The Labute approximate surface area is 132 Å². The summed E-state index contributed by atoms with van der Waals surface area (Å²) in [5.41, 5.74) is 2.28. The molecule has 2 atom stereocenters. The summed E-state index contributed by atoms with van der Waals surface area (Å²) in [5.74, 6) is 0.890. The van der Waals surface area contributed by atoms with E-state index >= 15 is 0 Å². The first-order chi connectivity index (χ1) is 10.5. The molecule has 22 heavy (non-hydrogen) atoms. The average molecular weight is 303 g/mol. The Balaban J connectivity index is 1.65. The molecule has 0 aromatic heterocycles. The molecule has 120 valence electrons. The number of likely N-dealkylation sites (tertiary alicyclic amines) is 1. The number of rotatable bonds is 2. The Morgan fingerprint density at radius 1 is 1.41 bits per heavy atom. The van der Waals surface area contributed by atoms with E-state index in [0.29, 0.717) is 12.6 Å². The first-order valence-corrected chi connectivity index (χ1v) is 8.00. The second-order valence-corrected chi connectivity index (χ2v) is 6.56. The van der Waals surface area contributed by atoms with Crippen molar-refractivity contribution in [2.45, 2.75) is 31.8 Å². The molecule has 0 bridgehead atoms. The molecular formula is C17H25N3O2. The van der Waals surface area contributed by atoms with E-state index in [-0.39, 0.29) is 12.1 Å². The monoisotopic (exact) mass is 303 g/mol. The van der Waals surface area contributed by atoms with Crippen molar-refractivity contribution in [3.8, 4) is 5.75 Å². The van der Waals surface area contributed by atoms with Gasteiger partial charge in [-0.2, -0.15) is 0 Å². The van der Waals surface area contributed by atoms with Crippen LogP contribution in [0.15, 0.2) is 18.2 Å². The van der Waals surface area contributed by atoms with Gasteiger partial charge in [-0.1, -0.05) is 17.7 Å². The van der Waals surface area contributed by atoms with Crippen LogP contribution in [0.25, 0.3) is 0 Å². The van der Waals surface area contributed by atoms with E-state index < -0.39 is 0 Å². The fraction of sp³-hybridized carbons (Fsp3) is 0.588. The smallest absolute Gasteiger partial charge is 0.318 e. The SMILES string of the molecule is Cc1ccc2c(c1)C(NC(=O)N1CCCC(N(C)C)C1)CO2. The number of hydrogen-bond acceptors (Lipinski definition) is 3. The Bertz CT molecular complexity index is 559. The highest BCUT2D eigenvalue weighted by atomic mass is 16.5. The number of nitrogens with zero attached hydrogens (tertiary/aromatic N) is 2. The molecule has 0 aliphatic carbocycles. The van der Waals surface area contributed by atoms with Gasteiger partial charge in [0.05, 0.1) is 6.04 Å². The van der Waals surface area contributed by atoms with Crippen LogP contribution in [0.2, 0.25) is 0 Å². The topological polar surface area (TPSA) is 44.8 Å². The van der Waals surface area contributed by atoms with Gasteiger partial charge in [0.2, 0.25) is 0 Å². The summed E-state index contributed by atoms with van der Waals surface area (Å²) in [7, 11) is 4.16. The molecule has 0 radical (unpaired) electrons. The molecule has 2 amide bonds. The van der Waals surface area contributed by atoms with Crippen molar-refractivity contribution in [3.05, 3.63) is 29.3 Å². The summed E-state index contributed by atoms with van der Waals surface area (Å²) < 4.78 is 5.67. The highest BCUT2D eigenvalue weighted by Gasteiger charge is 2.30. The Morgan fingerprint density at radius 2 is 2.23 bits per heavy atom. The van der Waals surface area contributed by atoms with Crippen LogP contribution in [0.1, 0.15) is 30.0 Å². The maximum absolute atomic E-state index is 12.6. The van der Waals surface area contributed by atoms with Gasteiger partial charge < -0.3 is 19.9 Å². The van der Waals surface area contributed by atoms with Crippen molar-refractivity contribution >= 4 is 6.03 Å².